The number of hydrogen-bond donors (Lipinski definition) is 2. The van der Waals surface area contributed by atoms with Crippen molar-refractivity contribution in [2.24, 2.45) is 0 Å². The van der Waals surface area contributed by atoms with Gasteiger partial charge in [-0.2, -0.15) is 0 Å². The number of nitrogens with two attached hydrogens (primary N) is 1. The largest absolute Gasteiger partial charge is 0.486 e. The van der Waals surface area contributed by atoms with Gasteiger partial charge in [-0.15, -0.1) is 0 Å². The van der Waals surface area contributed by atoms with Gasteiger partial charge in [0.1, 0.15) is 11.9 Å². The molecule has 0 spiro atoms. The topological polar surface area (TPSA) is 72.5 Å². The number of nitrogen functional groups attached to an aromatic ring is 1. The van der Waals surface area contributed by atoms with E-state index in [9.17, 15) is 4.79 Å². The molecule has 19 heavy (non-hydrogen) atoms. The van der Waals surface area contributed by atoms with E-state index in [2.05, 4.69) is 0 Å². The highest BCUT2D eigenvalue weighted by atomic mass is 16.5. The molecule has 0 aromatic heterocycles. The van der Waals surface area contributed by atoms with Gasteiger partial charge in [0, 0.05) is 11.8 Å². The third-order valence-electron chi connectivity index (χ3n) is 2.84. The molecule has 3 N–H and O–H groups in total. The Bertz CT molecular complexity index is 581. The molecule has 0 aliphatic carbocycles. The normalized spacial score (nSPS) is 11.8. The number of rotatable bonds is 4. The molecular formula is C15H15NO3. The Morgan fingerprint density at radius 1 is 1.21 bits per heavy atom. The fourth-order valence-electron chi connectivity index (χ4n) is 1.81. The van der Waals surface area contributed by atoms with Crippen LogP contribution >= 0.6 is 0 Å². The number of carboxylic acids is 1. The van der Waals surface area contributed by atoms with Crippen LogP contribution in [-0.2, 0) is 0 Å². The number of ether oxygens (including phenoxy) is 1. The minimum absolute atomic E-state index is 0.0831. The second-order valence-corrected chi connectivity index (χ2v) is 4.22. The number of anilines is 1. The lowest BCUT2D eigenvalue weighted by atomic mass is 10.1. The van der Waals surface area contributed by atoms with Gasteiger partial charge in [0.15, 0.2) is 0 Å². The monoisotopic (exact) mass is 257 g/mol. The highest BCUT2D eigenvalue weighted by Gasteiger charge is 2.11. The Labute approximate surface area is 111 Å². The van der Waals surface area contributed by atoms with E-state index in [4.69, 9.17) is 15.6 Å². The number of benzene rings is 2. The predicted molar refractivity (Wildman–Crippen MR) is 73.3 cm³/mol. The minimum atomic E-state index is -1.04. The van der Waals surface area contributed by atoms with E-state index in [0.717, 1.165) is 5.56 Å². The molecule has 4 heteroatoms. The Hall–Kier alpha value is -2.49. The molecule has 1 unspecified atom stereocenters. The Morgan fingerprint density at radius 2 is 1.89 bits per heavy atom. The van der Waals surface area contributed by atoms with Gasteiger partial charge < -0.3 is 15.6 Å². The van der Waals surface area contributed by atoms with Crippen LogP contribution in [0.2, 0.25) is 0 Å². The van der Waals surface area contributed by atoms with Crippen molar-refractivity contribution in [2.75, 3.05) is 5.73 Å². The summed E-state index contributed by atoms with van der Waals surface area (Å²) in [6.45, 7) is 1.93. The number of aromatic carboxylic acids is 1. The SMILES string of the molecule is CC(Oc1ccc(C(=O)O)c(N)c1)c1ccccc1. The molecule has 0 fully saturated rings. The molecule has 2 aromatic rings. The molecule has 0 aliphatic heterocycles. The zero-order valence-corrected chi connectivity index (χ0v) is 10.5. The van der Waals surface area contributed by atoms with Gasteiger partial charge in [-0.3, -0.25) is 0 Å². The van der Waals surface area contributed by atoms with Gasteiger partial charge in [-0.1, -0.05) is 30.3 Å². The Kier molecular flexibility index (Phi) is 3.71. The Morgan fingerprint density at radius 3 is 2.47 bits per heavy atom. The van der Waals surface area contributed by atoms with Crippen LogP contribution < -0.4 is 10.5 Å². The third-order valence-corrected chi connectivity index (χ3v) is 2.84. The molecule has 0 amide bonds. The molecule has 98 valence electrons. The molecule has 0 saturated carbocycles. The minimum Gasteiger partial charge on any atom is -0.486 e. The van der Waals surface area contributed by atoms with Crippen LogP contribution in [-0.4, -0.2) is 11.1 Å². The summed E-state index contributed by atoms with van der Waals surface area (Å²) in [5, 5.41) is 8.90. The zero-order valence-electron chi connectivity index (χ0n) is 10.5. The van der Waals surface area contributed by atoms with Crippen molar-refractivity contribution < 1.29 is 14.6 Å². The van der Waals surface area contributed by atoms with E-state index in [-0.39, 0.29) is 17.4 Å². The maximum atomic E-state index is 10.9. The molecule has 2 rings (SSSR count). The summed E-state index contributed by atoms with van der Waals surface area (Å²) in [6, 6.07) is 14.4. The average molecular weight is 257 g/mol. The van der Waals surface area contributed by atoms with Gasteiger partial charge in [0.25, 0.3) is 0 Å². The summed E-state index contributed by atoms with van der Waals surface area (Å²) in [4.78, 5) is 10.9. The first kappa shape index (κ1) is 13.0. The van der Waals surface area contributed by atoms with Crippen molar-refractivity contribution in [2.45, 2.75) is 13.0 Å². The van der Waals surface area contributed by atoms with Crippen molar-refractivity contribution in [3.05, 3.63) is 59.7 Å². The van der Waals surface area contributed by atoms with Crippen LogP contribution in [0.1, 0.15) is 28.9 Å². The molecule has 2 aromatic carbocycles. The van der Waals surface area contributed by atoms with Crippen molar-refractivity contribution >= 4 is 11.7 Å². The predicted octanol–water partition coefficient (Wildman–Crippen LogP) is 3.11. The van der Waals surface area contributed by atoms with E-state index in [1.165, 1.54) is 12.1 Å². The van der Waals surface area contributed by atoms with E-state index in [1.807, 2.05) is 37.3 Å². The smallest absolute Gasteiger partial charge is 0.337 e. The summed E-state index contributed by atoms with van der Waals surface area (Å²) in [6.07, 6.45) is -0.128. The lowest BCUT2D eigenvalue weighted by Crippen LogP contribution is -2.05. The average Bonchev–Trinajstić information content (AvgIpc) is 2.39. The summed E-state index contributed by atoms with van der Waals surface area (Å²) in [5.74, 6) is -0.487. The molecule has 1 atom stereocenters. The van der Waals surface area contributed by atoms with Crippen LogP contribution in [0, 0.1) is 0 Å². The van der Waals surface area contributed by atoms with Crippen LogP contribution in [0.5, 0.6) is 5.75 Å². The number of carboxylic acid groups (broad SMARTS) is 1. The Balaban J connectivity index is 2.16. The molecule has 0 aliphatic rings. The second kappa shape index (κ2) is 5.44. The van der Waals surface area contributed by atoms with E-state index in [1.54, 1.807) is 6.07 Å². The zero-order chi connectivity index (χ0) is 13.8. The first-order valence-electron chi connectivity index (χ1n) is 5.92. The van der Waals surface area contributed by atoms with Gasteiger partial charge in [0.2, 0.25) is 0 Å². The first-order valence-corrected chi connectivity index (χ1v) is 5.92. The van der Waals surface area contributed by atoms with Crippen LogP contribution in [0.15, 0.2) is 48.5 Å². The molecule has 0 saturated heterocycles. The maximum absolute atomic E-state index is 10.9. The molecule has 4 nitrogen and oxygen atoms in total. The van der Waals surface area contributed by atoms with Gasteiger partial charge >= 0.3 is 5.97 Å². The van der Waals surface area contributed by atoms with Crippen LogP contribution in [0.4, 0.5) is 5.69 Å². The lowest BCUT2D eigenvalue weighted by Gasteiger charge is -2.15. The fourth-order valence-corrected chi connectivity index (χ4v) is 1.81. The number of carbonyl (C=O) groups is 1. The summed E-state index contributed by atoms with van der Waals surface area (Å²) in [5.41, 5.74) is 7.00. The van der Waals surface area contributed by atoms with Gasteiger partial charge in [0.05, 0.1) is 5.56 Å². The van der Waals surface area contributed by atoms with Crippen molar-refractivity contribution in [1.29, 1.82) is 0 Å². The fraction of sp³-hybridized carbons (Fsp3) is 0.133. The summed E-state index contributed by atoms with van der Waals surface area (Å²) in [7, 11) is 0. The van der Waals surface area contributed by atoms with Gasteiger partial charge in [-0.25, -0.2) is 4.79 Å². The van der Waals surface area contributed by atoms with E-state index in [0.29, 0.717) is 5.75 Å². The highest BCUT2D eigenvalue weighted by Crippen LogP contribution is 2.25. The van der Waals surface area contributed by atoms with E-state index >= 15 is 0 Å². The van der Waals surface area contributed by atoms with E-state index < -0.39 is 5.97 Å². The van der Waals surface area contributed by atoms with Crippen LogP contribution in [0.3, 0.4) is 0 Å². The standard InChI is InChI=1S/C15H15NO3/c1-10(11-5-3-2-4-6-11)19-12-7-8-13(15(17)18)14(16)9-12/h2-10H,16H2,1H3,(H,17,18). The van der Waals surface area contributed by atoms with Crippen molar-refractivity contribution in [1.82, 2.24) is 0 Å². The van der Waals surface area contributed by atoms with Crippen LogP contribution in [0.25, 0.3) is 0 Å². The second-order valence-electron chi connectivity index (χ2n) is 4.22. The quantitative estimate of drug-likeness (QED) is 0.825. The van der Waals surface area contributed by atoms with Crippen molar-refractivity contribution in [3.8, 4) is 5.75 Å². The third kappa shape index (κ3) is 3.04. The lowest BCUT2D eigenvalue weighted by molar-refractivity contribution is 0.0698. The van der Waals surface area contributed by atoms with Crippen molar-refractivity contribution in [3.63, 3.8) is 0 Å². The molecule has 0 heterocycles. The summed E-state index contributed by atoms with van der Waals surface area (Å²) >= 11 is 0. The van der Waals surface area contributed by atoms with Gasteiger partial charge in [-0.05, 0) is 24.6 Å². The summed E-state index contributed by atoms with van der Waals surface area (Å²) < 4.78 is 5.74. The molecule has 0 radical (unpaired) electrons. The number of hydrogen-bond acceptors (Lipinski definition) is 3. The maximum Gasteiger partial charge on any atom is 0.337 e. The molecular weight excluding hydrogens is 242 g/mol. The molecule has 0 bridgehead atoms. The first-order chi connectivity index (χ1) is 9.08. The highest BCUT2D eigenvalue weighted by molar-refractivity contribution is 5.93.